The molecule has 0 radical (unpaired) electrons. The van der Waals surface area contributed by atoms with Crippen molar-refractivity contribution >= 4 is 31.2 Å². The monoisotopic (exact) mass is 344 g/mol. The quantitative estimate of drug-likeness (QED) is 0.628. The topological polar surface area (TPSA) is 26.3 Å². The normalized spacial score (nSPS) is 13.5. The number of rotatable bonds is 5. The van der Waals surface area contributed by atoms with E-state index in [1.807, 2.05) is 31.2 Å². The van der Waals surface area contributed by atoms with Crippen molar-refractivity contribution in [2.45, 2.75) is 12.8 Å². The van der Waals surface area contributed by atoms with Gasteiger partial charge < -0.3 is 4.74 Å². The van der Waals surface area contributed by atoms with Gasteiger partial charge in [-0.3, -0.25) is 4.79 Å². The van der Waals surface area contributed by atoms with Crippen LogP contribution in [0.1, 0.15) is 24.0 Å². The molecule has 0 aliphatic heterocycles. The van der Waals surface area contributed by atoms with E-state index in [4.69, 9.17) is 4.74 Å². The molecule has 0 amide bonds. The Morgan fingerprint density at radius 1 is 1.00 bits per heavy atom. The third-order valence-electron chi connectivity index (χ3n) is 4.53. The van der Waals surface area contributed by atoms with Gasteiger partial charge in [0.15, 0.2) is 0 Å². The van der Waals surface area contributed by atoms with E-state index < -0.39 is 5.41 Å². The van der Waals surface area contributed by atoms with Gasteiger partial charge in [-0.25, -0.2) is 0 Å². The van der Waals surface area contributed by atoms with Crippen LogP contribution >= 0.6 is 25.3 Å². The van der Waals surface area contributed by atoms with E-state index in [1.165, 1.54) is 22.3 Å². The molecule has 1 aliphatic carbocycles. The summed E-state index contributed by atoms with van der Waals surface area (Å²) in [4.78, 5) is 12.4. The Hall–Kier alpha value is -1.39. The molecule has 0 bridgehead atoms. The zero-order valence-electron chi connectivity index (χ0n) is 13.0. The summed E-state index contributed by atoms with van der Waals surface area (Å²) >= 11 is 8.53. The number of ether oxygens (including phenoxy) is 1. The van der Waals surface area contributed by atoms with E-state index in [9.17, 15) is 4.79 Å². The molecule has 0 atom stereocenters. The van der Waals surface area contributed by atoms with Gasteiger partial charge in [-0.2, -0.15) is 25.3 Å². The number of benzene rings is 2. The fourth-order valence-electron chi connectivity index (χ4n) is 2.95. The molecule has 0 fully saturated rings. The molecule has 0 saturated heterocycles. The van der Waals surface area contributed by atoms with Crippen LogP contribution in [0.5, 0.6) is 0 Å². The Morgan fingerprint density at radius 2 is 1.48 bits per heavy atom. The predicted molar refractivity (Wildman–Crippen MR) is 100 cm³/mol. The van der Waals surface area contributed by atoms with Crippen LogP contribution in [0.25, 0.3) is 11.1 Å². The highest BCUT2D eigenvalue weighted by Crippen LogP contribution is 2.44. The first-order valence-electron chi connectivity index (χ1n) is 7.68. The molecule has 3 rings (SSSR count). The maximum atomic E-state index is 12.4. The maximum Gasteiger partial charge on any atom is 0.313 e. The van der Waals surface area contributed by atoms with Crippen molar-refractivity contribution in [2.75, 3.05) is 18.1 Å². The molecule has 4 heteroatoms. The van der Waals surface area contributed by atoms with E-state index in [-0.39, 0.29) is 11.9 Å². The van der Waals surface area contributed by atoms with Crippen LogP contribution in [0, 0.1) is 5.41 Å². The van der Waals surface area contributed by atoms with Crippen molar-refractivity contribution in [2.24, 2.45) is 5.41 Å². The second-order valence-corrected chi connectivity index (χ2v) is 6.83. The fraction of sp³-hybridized carbons (Fsp3) is 0.316. The van der Waals surface area contributed by atoms with Crippen LogP contribution in [0.4, 0.5) is 0 Å². The van der Waals surface area contributed by atoms with Crippen LogP contribution in [-0.2, 0) is 9.53 Å². The van der Waals surface area contributed by atoms with Crippen molar-refractivity contribution in [3.05, 3.63) is 59.7 Å². The lowest BCUT2D eigenvalue weighted by molar-refractivity contribution is -0.152. The van der Waals surface area contributed by atoms with Crippen LogP contribution in [-0.4, -0.2) is 24.1 Å². The minimum absolute atomic E-state index is 0.0930. The maximum absolute atomic E-state index is 12.4. The van der Waals surface area contributed by atoms with Gasteiger partial charge in [0.05, 0.1) is 5.41 Å². The summed E-state index contributed by atoms with van der Waals surface area (Å²) in [6.07, 6.45) is 0. The van der Waals surface area contributed by atoms with E-state index in [0.717, 1.165) is 0 Å². The molecule has 0 N–H and O–H groups in total. The zero-order chi connectivity index (χ0) is 16.4. The predicted octanol–water partition coefficient (Wildman–Crippen LogP) is 4.21. The van der Waals surface area contributed by atoms with Crippen molar-refractivity contribution < 1.29 is 9.53 Å². The van der Waals surface area contributed by atoms with Gasteiger partial charge in [0.2, 0.25) is 0 Å². The SMILES string of the molecule is CC(CS)(CS)C(=O)OCC1c2ccccc2-c2ccccc21. The summed E-state index contributed by atoms with van der Waals surface area (Å²) in [5.74, 6) is 0.708. The van der Waals surface area contributed by atoms with Gasteiger partial charge in [0.1, 0.15) is 6.61 Å². The van der Waals surface area contributed by atoms with Gasteiger partial charge in [-0.15, -0.1) is 0 Å². The number of esters is 1. The summed E-state index contributed by atoms with van der Waals surface area (Å²) < 4.78 is 5.65. The first kappa shape index (κ1) is 16.5. The summed E-state index contributed by atoms with van der Waals surface area (Å²) in [7, 11) is 0. The lowest BCUT2D eigenvalue weighted by Crippen LogP contribution is -2.34. The number of carbonyl (C=O) groups is 1. The number of carbonyl (C=O) groups excluding carboxylic acids is 1. The molecule has 0 spiro atoms. The second kappa shape index (κ2) is 6.62. The summed E-state index contributed by atoms with van der Waals surface area (Å²) in [5.41, 5.74) is 4.26. The molecule has 2 aromatic carbocycles. The lowest BCUT2D eigenvalue weighted by Gasteiger charge is -2.24. The standard InChI is InChI=1S/C19H20O2S2/c1-19(11-22,12-23)18(20)21-10-17-15-8-4-2-6-13(15)14-7-3-5-9-16(14)17/h2-9,17,22-23H,10-12H2,1H3. The Morgan fingerprint density at radius 3 is 1.96 bits per heavy atom. The number of hydrogen-bond donors (Lipinski definition) is 2. The van der Waals surface area contributed by atoms with Crippen LogP contribution in [0.3, 0.4) is 0 Å². The van der Waals surface area contributed by atoms with Gasteiger partial charge in [0.25, 0.3) is 0 Å². The molecule has 0 saturated carbocycles. The third kappa shape index (κ3) is 2.90. The van der Waals surface area contributed by atoms with Gasteiger partial charge >= 0.3 is 5.97 Å². The van der Waals surface area contributed by atoms with E-state index in [1.54, 1.807) is 0 Å². The minimum atomic E-state index is -0.649. The summed E-state index contributed by atoms with van der Waals surface area (Å²) in [6, 6.07) is 16.6. The summed E-state index contributed by atoms with van der Waals surface area (Å²) in [5, 5.41) is 0. The zero-order valence-corrected chi connectivity index (χ0v) is 14.8. The minimum Gasteiger partial charge on any atom is -0.464 e. The molecule has 120 valence electrons. The Bertz CT molecular complexity index is 677. The number of fused-ring (bicyclic) bond motifs is 3. The molecule has 1 aliphatic rings. The van der Waals surface area contributed by atoms with Gasteiger partial charge in [-0.05, 0) is 29.2 Å². The molecule has 23 heavy (non-hydrogen) atoms. The molecular formula is C19H20O2S2. The van der Waals surface area contributed by atoms with Crippen LogP contribution in [0.15, 0.2) is 48.5 Å². The van der Waals surface area contributed by atoms with Crippen LogP contribution in [0.2, 0.25) is 0 Å². The van der Waals surface area contributed by atoms with E-state index >= 15 is 0 Å². The highest BCUT2D eigenvalue weighted by Gasteiger charge is 2.34. The molecular weight excluding hydrogens is 324 g/mol. The van der Waals surface area contributed by atoms with Crippen molar-refractivity contribution in [1.29, 1.82) is 0 Å². The molecule has 0 aromatic heterocycles. The first-order valence-corrected chi connectivity index (χ1v) is 8.94. The highest BCUT2D eigenvalue weighted by atomic mass is 32.1. The first-order chi connectivity index (χ1) is 11.1. The van der Waals surface area contributed by atoms with Crippen molar-refractivity contribution in [3.8, 4) is 11.1 Å². The Kier molecular flexibility index (Phi) is 4.74. The molecule has 2 nitrogen and oxygen atoms in total. The van der Waals surface area contributed by atoms with Crippen molar-refractivity contribution in [1.82, 2.24) is 0 Å². The van der Waals surface area contributed by atoms with E-state index in [0.29, 0.717) is 18.1 Å². The Balaban J connectivity index is 1.85. The largest absolute Gasteiger partial charge is 0.464 e. The second-order valence-electron chi connectivity index (χ2n) is 6.20. The lowest BCUT2D eigenvalue weighted by atomic mass is 9.95. The molecule has 0 unspecified atom stereocenters. The average Bonchev–Trinajstić information content (AvgIpc) is 2.93. The van der Waals surface area contributed by atoms with Gasteiger partial charge in [0, 0.05) is 17.4 Å². The smallest absolute Gasteiger partial charge is 0.313 e. The van der Waals surface area contributed by atoms with E-state index in [2.05, 4.69) is 49.5 Å². The third-order valence-corrected chi connectivity index (χ3v) is 5.93. The molecule has 2 aromatic rings. The average molecular weight is 345 g/mol. The fourth-order valence-corrected chi connectivity index (χ4v) is 3.61. The summed E-state index contributed by atoms with van der Waals surface area (Å²) in [6.45, 7) is 2.19. The van der Waals surface area contributed by atoms with Crippen LogP contribution < -0.4 is 0 Å². The molecule has 0 heterocycles. The highest BCUT2D eigenvalue weighted by molar-refractivity contribution is 7.81. The Labute approximate surface area is 148 Å². The number of thiol groups is 2. The van der Waals surface area contributed by atoms with Gasteiger partial charge in [-0.1, -0.05) is 48.5 Å². The van der Waals surface area contributed by atoms with Crippen molar-refractivity contribution in [3.63, 3.8) is 0 Å². The number of hydrogen-bond acceptors (Lipinski definition) is 4.